The summed E-state index contributed by atoms with van der Waals surface area (Å²) in [7, 11) is 0. The molecule has 1 N–H and O–H groups in total. The van der Waals surface area contributed by atoms with Crippen LogP contribution in [0.3, 0.4) is 0 Å². The number of halogens is 3. The Morgan fingerprint density at radius 2 is 1.65 bits per heavy atom. The van der Waals surface area contributed by atoms with Crippen LogP contribution >= 0.6 is 35.6 Å². The SMILES string of the molecule is C[C@H]1C[C@@H](C(=O)N2CCN(C(=O)c3c(Cl)cccc3Cl)CC2)CCN1.Cl. The fraction of sp³-hybridized carbons (Fsp3) is 0.556. The van der Waals surface area contributed by atoms with Gasteiger partial charge in [0.1, 0.15) is 0 Å². The summed E-state index contributed by atoms with van der Waals surface area (Å²) < 4.78 is 0. The van der Waals surface area contributed by atoms with Gasteiger partial charge in [0.25, 0.3) is 5.91 Å². The van der Waals surface area contributed by atoms with Crippen LogP contribution in [0.2, 0.25) is 10.0 Å². The minimum Gasteiger partial charge on any atom is -0.339 e. The van der Waals surface area contributed by atoms with Gasteiger partial charge in [0, 0.05) is 38.1 Å². The molecule has 0 unspecified atom stereocenters. The number of hydrogen-bond acceptors (Lipinski definition) is 3. The Labute approximate surface area is 170 Å². The number of benzene rings is 1. The fourth-order valence-electron chi connectivity index (χ4n) is 3.60. The van der Waals surface area contributed by atoms with Gasteiger partial charge in [0.05, 0.1) is 15.6 Å². The molecule has 8 heteroatoms. The van der Waals surface area contributed by atoms with Crippen LogP contribution in [-0.4, -0.2) is 60.4 Å². The van der Waals surface area contributed by atoms with Gasteiger partial charge in [-0.3, -0.25) is 9.59 Å². The second-order valence-electron chi connectivity index (χ2n) is 6.79. The molecular formula is C18H24Cl3N3O2. The quantitative estimate of drug-likeness (QED) is 0.800. The van der Waals surface area contributed by atoms with Crippen LogP contribution in [0.4, 0.5) is 0 Å². The topological polar surface area (TPSA) is 52.7 Å². The van der Waals surface area contributed by atoms with E-state index in [4.69, 9.17) is 23.2 Å². The maximum atomic E-state index is 12.7. The van der Waals surface area contributed by atoms with Crippen LogP contribution in [0.1, 0.15) is 30.1 Å². The molecule has 0 spiro atoms. The molecule has 2 amide bonds. The molecule has 0 aliphatic carbocycles. The minimum absolute atomic E-state index is 0. The van der Waals surface area contributed by atoms with Crippen LogP contribution < -0.4 is 5.32 Å². The Balaban J connectivity index is 0.00000243. The average Bonchev–Trinajstić information content (AvgIpc) is 2.61. The summed E-state index contributed by atoms with van der Waals surface area (Å²) in [5.74, 6) is 0.144. The summed E-state index contributed by atoms with van der Waals surface area (Å²) in [6, 6.07) is 5.43. The van der Waals surface area contributed by atoms with E-state index in [9.17, 15) is 9.59 Å². The third kappa shape index (κ3) is 4.63. The lowest BCUT2D eigenvalue weighted by molar-refractivity contribution is -0.138. The van der Waals surface area contributed by atoms with E-state index in [1.807, 2.05) is 4.90 Å². The molecule has 2 aliphatic heterocycles. The normalized spacial score (nSPS) is 23.3. The molecule has 0 radical (unpaired) electrons. The van der Waals surface area contributed by atoms with E-state index in [0.29, 0.717) is 47.8 Å². The van der Waals surface area contributed by atoms with Crippen molar-refractivity contribution in [3.8, 4) is 0 Å². The first kappa shape index (κ1) is 21.3. The predicted molar refractivity (Wildman–Crippen MR) is 106 cm³/mol. The Morgan fingerprint density at radius 3 is 2.23 bits per heavy atom. The van der Waals surface area contributed by atoms with Crippen molar-refractivity contribution in [2.45, 2.75) is 25.8 Å². The van der Waals surface area contributed by atoms with Gasteiger partial charge in [0.15, 0.2) is 0 Å². The zero-order valence-electron chi connectivity index (χ0n) is 14.7. The van der Waals surface area contributed by atoms with Crippen molar-refractivity contribution in [1.82, 2.24) is 15.1 Å². The lowest BCUT2D eigenvalue weighted by atomic mass is 9.92. The summed E-state index contributed by atoms with van der Waals surface area (Å²) in [5, 5.41) is 4.09. The van der Waals surface area contributed by atoms with Gasteiger partial charge < -0.3 is 15.1 Å². The summed E-state index contributed by atoms with van der Waals surface area (Å²) in [6.07, 6.45) is 1.77. The van der Waals surface area contributed by atoms with Gasteiger partial charge in [-0.15, -0.1) is 12.4 Å². The number of piperidine rings is 1. The van der Waals surface area contributed by atoms with Crippen molar-refractivity contribution in [2.24, 2.45) is 5.92 Å². The zero-order chi connectivity index (χ0) is 18.0. The minimum atomic E-state index is -0.168. The van der Waals surface area contributed by atoms with Crippen LogP contribution in [0, 0.1) is 5.92 Å². The van der Waals surface area contributed by atoms with Gasteiger partial charge in [-0.05, 0) is 38.4 Å². The first-order chi connectivity index (χ1) is 12.0. The first-order valence-corrected chi connectivity index (χ1v) is 9.48. The van der Waals surface area contributed by atoms with E-state index < -0.39 is 0 Å². The standard InChI is InChI=1S/C18H23Cl2N3O2.ClH/c1-12-11-13(5-6-21-12)17(24)22-7-9-23(10-8-22)18(25)16-14(19)3-2-4-15(16)20;/h2-4,12-13,21H,5-11H2,1H3;1H/t12-,13-;/m0./s1. The third-order valence-corrected chi connectivity index (χ3v) is 5.66. The number of nitrogens with zero attached hydrogens (tertiary/aromatic N) is 2. The average molecular weight is 421 g/mol. The molecule has 0 aromatic heterocycles. The molecule has 2 atom stereocenters. The first-order valence-electron chi connectivity index (χ1n) is 8.73. The predicted octanol–water partition coefficient (Wildman–Crippen LogP) is 3.09. The highest BCUT2D eigenvalue weighted by molar-refractivity contribution is 6.39. The number of carbonyl (C=O) groups is 2. The van der Waals surface area contributed by atoms with Crippen molar-refractivity contribution < 1.29 is 9.59 Å². The highest BCUT2D eigenvalue weighted by Crippen LogP contribution is 2.26. The molecule has 5 nitrogen and oxygen atoms in total. The van der Waals surface area contributed by atoms with Gasteiger partial charge in [-0.2, -0.15) is 0 Å². The number of rotatable bonds is 2. The Hall–Kier alpha value is -1.01. The maximum absolute atomic E-state index is 12.7. The molecule has 2 saturated heterocycles. The fourth-order valence-corrected chi connectivity index (χ4v) is 4.16. The van der Waals surface area contributed by atoms with E-state index in [-0.39, 0.29) is 30.1 Å². The summed E-state index contributed by atoms with van der Waals surface area (Å²) in [4.78, 5) is 29.0. The van der Waals surface area contributed by atoms with E-state index in [1.54, 1.807) is 23.1 Å². The van der Waals surface area contributed by atoms with Crippen molar-refractivity contribution in [1.29, 1.82) is 0 Å². The molecule has 0 saturated carbocycles. The summed E-state index contributed by atoms with van der Waals surface area (Å²) in [6.45, 7) is 5.14. The molecule has 2 heterocycles. The molecule has 1 aromatic carbocycles. The zero-order valence-corrected chi connectivity index (χ0v) is 17.0. The molecule has 26 heavy (non-hydrogen) atoms. The van der Waals surface area contributed by atoms with Crippen molar-refractivity contribution in [3.05, 3.63) is 33.8 Å². The second kappa shape index (κ2) is 9.27. The van der Waals surface area contributed by atoms with E-state index in [2.05, 4.69) is 12.2 Å². The van der Waals surface area contributed by atoms with Crippen molar-refractivity contribution >= 4 is 47.4 Å². The maximum Gasteiger partial charge on any atom is 0.257 e. The van der Waals surface area contributed by atoms with Crippen LogP contribution in [0.15, 0.2) is 18.2 Å². The van der Waals surface area contributed by atoms with E-state index in [0.717, 1.165) is 19.4 Å². The molecule has 2 aliphatic rings. The lowest BCUT2D eigenvalue weighted by Gasteiger charge is -2.38. The van der Waals surface area contributed by atoms with Crippen LogP contribution in [0.5, 0.6) is 0 Å². The van der Waals surface area contributed by atoms with Crippen LogP contribution in [-0.2, 0) is 4.79 Å². The largest absolute Gasteiger partial charge is 0.339 e. The Bertz CT molecular complexity index is 643. The lowest BCUT2D eigenvalue weighted by Crippen LogP contribution is -2.53. The molecule has 2 fully saturated rings. The highest BCUT2D eigenvalue weighted by Gasteiger charge is 2.32. The Kier molecular flexibility index (Phi) is 7.59. The number of hydrogen-bond donors (Lipinski definition) is 1. The molecule has 0 bridgehead atoms. The smallest absolute Gasteiger partial charge is 0.257 e. The molecule has 144 valence electrons. The second-order valence-corrected chi connectivity index (χ2v) is 7.61. The Morgan fingerprint density at radius 1 is 1.08 bits per heavy atom. The summed E-state index contributed by atoms with van der Waals surface area (Å²) >= 11 is 12.3. The number of nitrogens with one attached hydrogen (secondary N) is 1. The van der Waals surface area contributed by atoms with E-state index >= 15 is 0 Å². The molecular weight excluding hydrogens is 397 g/mol. The van der Waals surface area contributed by atoms with Crippen LogP contribution in [0.25, 0.3) is 0 Å². The van der Waals surface area contributed by atoms with E-state index in [1.165, 1.54) is 0 Å². The molecule has 3 rings (SSSR count). The third-order valence-electron chi connectivity index (χ3n) is 5.03. The monoisotopic (exact) mass is 419 g/mol. The van der Waals surface area contributed by atoms with Gasteiger partial charge >= 0.3 is 0 Å². The summed E-state index contributed by atoms with van der Waals surface area (Å²) in [5.41, 5.74) is 0.345. The molecule has 1 aromatic rings. The van der Waals surface area contributed by atoms with Gasteiger partial charge in [-0.1, -0.05) is 29.3 Å². The number of carbonyl (C=O) groups excluding carboxylic acids is 2. The highest BCUT2D eigenvalue weighted by atomic mass is 35.5. The van der Waals surface area contributed by atoms with Crippen molar-refractivity contribution in [3.63, 3.8) is 0 Å². The van der Waals surface area contributed by atoms with Gasteiger partial charge in [0.2, 0.25) is 5.91 Å². The van der Waals surface area contributed by atoms with Gasteiger partial charge in [-0.25, -0.2) is 0 Å². The number of amides is 2. The number of piperazine rings is 1. The van der Waals surface area contributed by atoms with Crippen molar-refractivity contribution in [2.75, 3.05) is 32.7 Å².